The lowest BCUT2D eigenvalue weighted by Gasteiger charge is -2.16. The van der Waals surface area contributed by atoms with Gasteiger partial charge in [-0.25, -0.2) is 0 Å². The summed E-state index contributed by atoms with van der Waals surface area (Å²) in [6, 6.07) is 15.6. The number of carbonyl (C=O) groups is 1. The van der Waals surface area contributed by atoms with Crippen LogP contribution < -0.4 is 10.1 Å². The topological polar surface area (TPSA) is 38.3 Å². The summed E-state index contributed by atoms with van der Waals surface area (Å²) < 4.78 is 6.54. The fourth-order valence-corrected chi connectivity index (χ4v) is 2.46. The minimum atomic E-state index is -0.548. The van der Waals surface area contributed by atoms with E-state index in [2.05, 4.69) is 21.2 Å². The quantitative estimate of drug-likeness (QED) is 0.892. The van der Waals surface area contributed by atoms with Gasteiger partial charge in [-0.05, 0) is 53.0 Å². The molecule has 0 aliphatic rings. The molecule has 0 radical (unpaired) electrons. The van der Waals surface area contributed by atoms with Gasteiger partial charge >= 0.3 is 0 Å². The lowest BCUT2D eigenvalue weighted by Crippen LogP contribution is -2.35. The van der Waals surface area contributed by atoms with Gasteiger partial charge in [-0.3, -0.25) is 4.79 Å². The molecule has 1 atom stereocenters. The molecule has 2 rings (SSSR count). The maximum Gasteiger partial charge on any atom is 0.261 e. The Morgan fingerprint density at radius 1 is 1.24 bits per heavy atom. The van der Waals surface area contributed by atoms with Crippen molar-refractivity contribution in [1.82, 2.24) is 5.32 Å². The molecule has 0 saturated carbocycles. The molecule has 1 amide bonds. The molecule has 0 aromatic heterocycles. The second-order valence-electron chi connectivity index (χ2n) is 4.90. The molecule has 0 spiro atoms. The van der Waals surface area contributed by atoms with Gasteiger partial charge in [-0.2, -0.15) is 0 Å². The van der Waals surface area contributed by atoms with Gasteiger partial charge in [0.05, 0.1) is 4.47 Å². The van der Waals surface area contributed by atoms with Crippen LogP contribution in [0, 0.1) is 6.92 Å². The summed E-state index contributed by atoms with van der Waals surface area (Å²) in [6.07, 6.45) is -0.548. The minimum Gasteiger partial charge on any atom is -0.480 e. The van der Waals surface area contributed by atoms with Crippen LogP contribution in [0.3, 0.4) is 0 Å². The first-order valence-corrected chi connectivity index (χ1v) is 7.60. The van der Waals surface area contributed by atoms with Crippen molar-refractivity contribution in [2.24, 2.45) is 0 Å². The molecule has 110 valence electrons. The molecule has 0 fully saturated rings. The van der Waals surface area contributed by atoms with Crippen LogP contribution in [0.25, 0.3) is 0 Å². The molecule has 21 heavy (non-hydrogen) atoms. The van der Waals surface area contributed by atoms with Crippen molar-refractivity contribution < 1.29 is 9.53 Å². The number of benzene rings is 2. The molecule has 2 aromatic rings. The van der Waals surface area contributed by atoms with Crippen molar-refractivity contribution in [1.29, 1.82) is 0 Å². The zero-order valence-electron chi connectivity index (χ0n) is 12.1. The Balaban J connectivity index is 1.90. The zero-order chi connectivity index (χ0) is 15.2. The Bertz CT molecular complexity index is 613. The van der Waals surface area contributed by atoms with Crippen molar-refractivity contribution in [3.8, 4) is 5.75 Å². The molecule has 4 heteroatoms. The van der Waals surface area contributed by atoms with E-state index in [0.29, 0.717) is 12.3 Å². The Morgan fingerprint density at radius 3 is 2.62 bits per heavy atom. The molecular formula is C17H18BrNO2. The van der Waals surface area contributed by atoms with Gasteiger partial charge in [0.25, 0.3) is 5.91 Å². The van der Waals surface area contributed by atoms with Crippen molar-refractivity contribution in [3.63, 3.8) is 0 Å². The molecule has 1 unspecified atom stereocenters. The third kappa shape index (κ3) is 4.60. The molecule has 0 aliphatic heterocycles. The molecular weight excluding hydrogens is 330 g/mol. The monoisotopic (exact) mass is 347 g/mol. The SMILES string of the molecule is Cc1ccc(OC(C)C(=O)NCc2ccccc2)c(Br)c1. The first-order chi connectivity index (χ1) is 10.1. The Morgan fingerprint density at radius 2 is 1.95 bits per heavy atom. The average molecular weight is 348 g/mol. The Kier molecular flexibility index (Phi) is 5.39. The van der Waals surface area contributed by atoms with E-state index in [9.17, 15) is 4.79 Å². The highest BCUT2D eigenvalue weighted by molar-refractivity contribution is 9.10. The fourth-order valence-electron chi connectivity index (χ4n) is 1.87. The van der Waals surface area contributed by atoms with E-state index < -0.39 is 6.10 Å². The molecule has 0 heterocycles. The second kappa shape index (κ2) is 7.27. The van der Waals surface area contributed by atoms with E-state index in [1.54, 1.807) is 6.92 Å². The number of rotatable bonds is 5. The smallest absolute Gasteiger partial charge is 0.261 e. The van der Waals surface area contributed by atoms with Gasteiger partial charge in [-0.1, -0.05) is 36.4 Å². The number of ether oxygens (including phenoxy) is 1. The first kappa shape index (κ1) is 15.6. The van der Waals surface area contributed by atoms with Crippen molar-refractivity contribution in [2.45, 2.75) is 26.5 Å². The summed E-state index contributed by atoms with van der Waals surface area (Å²) >= 11 is 3.44. The van der Waals surface area contributed by atoms with Crippen LogP contribution in [0.15, 0.2) is 53.0 Å². The van der Waals surface area contributed by atoms with Crippen molar-refractivity contribution >= 4 is 21.8 Å². The summed E-state index contributed by atoms with van der Waals surface area (Å²) in [5.74, 6) is 0.536. The van der Waals surface area contributed by atoms with E-state index in [-0.39, 0.29) is 5.91 Å². The molecule has 1 N–H and O–H groups in total. The molecule has 2 aromatic carbocycles. The van der Waals surface area contributed by atoms with Crippen LogP contribution >= 0.6 is 15.9 Å². The summed E-state index contributed by atoms with van der Waals surface area (Å²) in [6.45, 7) is 4.25. The first-order valence-electron chi connectivity index (χ1n) is 6.80. The molecule has 3 nitrogen and oxygen atoms in total. The van der Waals surface area contributed by atoms with Crippen LogP contribution in [0.5, 0.6) is 5.75 Å². The van der Waals surface area contributed by atoms with Crippen LogP contribution in [0.1, 0.15) is 18.1 Å². The number of nitrogens with one attached hydrogen (secondary N) is 1. The van der Waals surface area contributed by atoms with Crippen LogP contribution in [0.2, 0.25) is 0 Å². The van der Waals surface area contributed by atoms with Crippen molar-refractivity contribution in [2.75, 3.05) is 0 Å². The van der Waals surface area contributed by atoms with E-state index >= 15 is 0 Å². The average Bonchev–Trinajstić information content (AvgIpc) is 2.48. The van der Waals surface area contributed by atoms with E-state index in [1.165, 1.54) is 0 Å². The highest BCUT2D eigenvalue weighted by atomic mass is 79.9. The summed E-state index contributed by atoms with van der Waals surface area (Å²) in [7, 11) is 0. The number of hydrogen-bond acceptors (Lipinski definition) is 2. The number of aryl methyl sites for hydroxylation is 1. The normalized spacial score (nSPS) is 11.8. The summed E-state index contributed by atoms with van der Waals surface area (Å²) in [5.41, 5.74) is 2.20. The Labute approximate surface area is 133 Å². The lowest BCUT2D eigenvalue weighted by molar-refractivity contribution is -0.127. The number of halogens is 1. The van der Waals surface area contributed by atoms with Crippen LogP contribution in [-0.2, 0) is 11.3 Å². The summed E-state index contributed by atoms with van der Waals surface area (Å²) in [4.78, 5) is 12.0. The highest BCUT2D eigenvalue weighted by Gasteiger charge is 2.15. The molecule has 0 aliphatic carbocycles. The predicted octanol–water partition coefficient (Wildman–Crippen LogP) is 3.84. The highest BCUT2D eigenvalue weighted by Crippen LogP contribution is 2.26. The summed E-state index contributed by atoms with van der Waals surface area (Å²) in [5, 5.41) is 2.87. The third-order valence-corrected chi connectivity index (χ3v) is 3.69. The minimum absolute atomic E-state index is 0.133. The largest absolute Gasteiger partial charge is 0.480 e. The number of carbonyl (C=O) groups excluding carboxylic acids is 1. The Hall–Kier alpha value is -1.81. The maximum absolute atomic E-state index is 12.0. The van der Waals surface area contributed by atoms with Crippen LogP contribution in [0.4, 0.5) is 0 Å². The zero-order valence-corrected chi connectivity index (χ0v) is 13.7. The third-order valence-electron chi connectivity index (χ3n) is 3.07. The predicted molar refractivity (Wildman–Crippen MR) is 87.3 cm³/mol. The van der Waals surface area contributed by atoms with Gasteiger partial charge in [0.15, 0.2) is 6.10 Å². The van der Waals surface area contributed by atoms with E-state index in [0.717, 1.165) is 15.6 Å². The molecule has 0 bridgehead atoms. The fraction of sp³-hybridized carbons (Fsp3) is 0.235. The van der Waals surface area contributed by atoms with E-state index in [4.69, 9.17) is 4.74 Å². The van der Waals surface area contributed by atoms with Gasteiger partial charge in [0.2, 0.25) is 0 Å². The van der Waals surface area contributed by atoms with Gasteiger partial charge < -0.3 is 10.1 Å². The van der Waals surface area contributed by atoms with Crippen molar-refractivity contribution in [3.05, 3.63) is 64.1 Å². The van der Waals surface area contributed by atoms with E-state index in [1.807, 2.05) is 55.5 Å². The number of hydrogen-bond donors (Lipinski definition) is 1. The maximum atomic E-state index is 12.0. The lowest BCUT2D eigenvalue weighted by atomic mass is 10.2. The number of amides is 1. The van der Waals surface area contributed by atoms with Gasteiger partial charge in [0, 0.05) is 6.54 Å². The second-order valence-corrected chi connectivity index (χ2v) is 5.75. The van der Waals surface area contributed by atoms with Gasteiger partial charge in [0.1, 0.15) is 5.75 Å². The standard InChI is InChI=1S/C17H18BrNO2/c1-12-8-9-16(15(18)10-12)21-13(2)17(20)19-11-14-6-4-3-5-7-14/h3-10,13H,11H2,1-2H3,(H,19,20). The van der Waals surface area contributed by atoms with Gasteiger partial charge in [-0.15, -0.1) is 0 Å². The molecule has 0 saturated heterocycles. The van der Waals surface area contributed by atoms with Crippen LogP contribution in [-0.4, -0.2) is 12.0 Å².